The van der Waals surface area contributed by atoms with Crippen LogP contribution in [-0.2, 0) is 10.3 Å². The summed E-state index contributed by atoms with van der Waals surface area (Å²) in [6.07, 6.45) is 1.63. The zero-order valence-electron chi connectivity index (χ0n) is 12.4. The van der Waals surface area contributed by atoms with E-state index in [4.69, 9.17) is 4.74 Å². The summed E-state index contributed by atoms with van der Waals surface area (Å²) in [5.41, 5.74) is 1.95. The fourth-order valence-corrected chi connectivity index (χ4v) is 3.13. The first-order chi connectivity index (χ1) is 10.8. The first kappa shape index (κ1) is 13.2. The molecule has 4 heteroatoms. The highest BCUT2D eigenvalue weighted by Crippen LogP contribution is 2.39. The first-order valence-corrected chi connectivity index (χ1v) is 7.38. The van der Waals surface area contributed by atoms with Gasteiger partial charge in [-0.3, -0.25) is 0 Å². The monoisotopic (exact) mass is 291 g/mol. The van der Waals surface area contributed by atoms with E-state index in [2.05, 4.69) is 45.2 Å². The van der Waals surface area contributed by atoms with Crippen LogP contribution in [0.2, 0.25) is 0 Å². The number of hydrogen-bond donors (Lipinski definition) is 0. The molecule has 3 aromatic rings. The molecule has 0 radical (unpaired) electrons. The number of benzene rings is 2. The van der Waals surface area contributed by atoms with Crippen molar-refractivity contribution in [2.24, 2.45) is 0 Å². The van der Waals surface area contributed by atoms with Crippen molar-refractivity contribution in [3.63, 3.8) is 0 Å². The van der Waals surface area contributed by atoms with Crippen LogP contribution in [0.5, 0.6) is 0 Å². The number of rotatable bonds is 3. The van der Waals surface area contributed by atoms with Crippen LogP contribution in [0.3, 0.4) is 0 Å². The lowest BCUT2D eigenvalue weighted by atomic mass is 9.85. The van der Waals surface area contributed by atoms with Crippen LogP contribution >= 0.6 is 0 Å². The summed E-state index contributed by atoms with van der Waals surface area (Å²) >= 11 is 0. The number of ether oxygens (including phenoxy) is 1. The molecular formula is C18H17N3O. The van der Waals surface area contributed by atoms with Crippen LogP contribution < -0.4 is 4.90 Å². The van der Waals surface area contributed by atoms with Crippen molar-refractivity contribution in [1.29, 1.82) is 0 Å². The summed E-state index contributed by atoms with van der Waals surface area (Å²) in [6.45, 7) is 1.60. The van der Waals surface area contributed by atoms with E-state index >= 15 is 0 Å². The summed E-state index contributed by atoms with van der Waals surface area (Å²) in [5, 5.41) is 1.09. The van der Waals surface area contributed by atoms with Gasteiger partial charge in [0.25, 0.3) is 0 Å². The Balaban J connectivity index is 1.67. The van der Waals surface area contributed by atoms with Crippen molar-refractivity contribution < 1.29 is 4.74 Å². The minimum atomic E-state index is -0.243. The predicted molar refractivity (Wildman–Crippen MR) is 86.9 cm³/mol. The van der Waals surface area contributed by atoms with Gasteiger partial charge in [0.1, 0.15) is 17.7 Å². The summed E-state index contributed by atoms with van der Waals surface area (Å²) in [5.74, 6) is 0.981. The Morgan fingerprint density at radius 1 is 0.955 bits per heavy atom. The van der Waals surface area contributed by atoms with E-state index in [-0.39, 0.29) is 5.60 Å². The standard InChI is InChI=1S/C18H17N3O/c1-22-18(14-7-3-2-4-8-14)11-21(12-18)17-15-9-5-6-10-16(15)19-13-20-17/h2-10,13H,11-12H2,1H3. The second-order valence-corrected chi connectivity index (χ2v) is 5.63. The second kappa shape index (κ2) is 5.07. The van der Waals surface area contributed by atoms with Gasteiger partial charge >= 0.3 is 0 Å². The van der Waals surface area contributed by atoms with Gasteiger partial charge < -0.3 is 9.64 Å². The largest absolute Gasteiger partial charge is 0.370 e. The van der Waals surface area contributed by atoms with E-state index in [0.29, 0.717) is 0 Å². The van der Waals surface area contributed by atoms with Crippen LogP contribution in [0.1, 0.15) is 5.56 Å². The lowest BCUT2D eigenvalue weighted by molar-refractivity contribution is -0.0384. The molecule has 110 valence electrons. The Morgan fingerprint density at radius 3 is 2.45 bits per heavy atom. The molecule has 4 rings (SSSR count). The van der Waals surface area contributed by atoms with Crippen molar-refractivity contribution >= 4 is 16.7 Å². The number of methoxy groups -OCH3 is 1. The fourth-order valence-electron chi connectivity index (χ4n) is 3.13. The van der Waals surface area contributed by atoms with Crippen LogP contribution in [0.15, 0.2) is 60.9 Å². The average Bonchev–Trinajstić information content (AvgIpc) is 2.55. The molecule has 2 heterocycles. The van der Waals surface area contributed by atoms with Crippen molar-refractivity contribution in [3.8, 4) is 0 Å². The maximum atomic E-state index is 5.84. The molecule has 0 unspecified atom stereocenters. The summed E-state index contributed by atoms with van der Waals surface area (Å²) < 4.78 is 5.84. The van der Waals surface area contributed by atoms with Gasteiger partial charge in [0.15, 0.2) is 0 Å². The topological polar surface area (TPSA) is 38.2 Å². The summed E-state index contributed by atoms with van der Waals surface area (Å²) in [7, 11) is 1.78. The minimum absolute atomic E-state index is 0.243. The molecule has 1 saturated heterocycles. The molecule has 1 aliphatic heterocycles. The molecule has 0 aliphatic carbocycles. The van der Waals surface area contributed by atoms with E-state index in [9.17, 15) is 0 Å². The highest BCUT2D eigenvalue weighted by atomic mass is 16.5. The van der Waals surface area contributed by atoms with Gasteiger partial charge in [0, 0.05) is 12.5 Å². The van der Waals surface area contributed by atoms with Crippen molar-refractivity contribution in [1.82, 2.24) is 9.97 Å². The average molecular weight is 291 g/mol. The van der Waals surface area contributed by atoms with E-state index in [1.807, 2.05) is 24.3 Å². The normalized spacial score (nSPS) is 16.5. The number of hydrogen-bond acceptors (Lipinski definition) is 4. The Bertz CT molecular complexity index is 792. The van der Waals surface area contributed by atoms with Crippen molar-refractivity contribution in [2.45, 2.75) is 5.60 Å². The van der Waals surface area contributed by atoms with Crippen LogP contribution in [-0.4, -0.2) is 30.2 Å². The SMILES string of the molecule is COC1(c2ccccc2)CN(c2ncnc3ccccc23)C1. The Labute approximate surface area is 129 Å². The Kier molecular flexibility index (Phi) is 3.05. The molecule has 0 spiro atoms. The lowest BCUT2D eigenvalue weighted by Gasteiger charge is -2.50. The molecule has 0 saturated carbocycles. The first-order valence-electron chi connectivity index (χ1n) is 7.38. The fraction of sp³-hybridized carbons (Fsp3) is 0.222. The minimum Gasteiger partial charge on any atom is -0.370 e. The van der Waals surface area contributed by atoms with Crippen molar-refractivity contribution in [3.05, 3.63) is 66.5 Å². The van der Waals surface area contributed by atoms with Gasteiger partial charge in [0.05, 0.1) is 18.6 Å². The second-order valence-electron chi connectivity index (χ2n) is 5.63. The van der Waals surface area contributed by atoms with Gasteiger partial charge in [0.2, 0.25) is 0 Å². The van der Waals surface area contributed by atoms with E-state index in [1.165, 1.54) is 5.56 Å². The lowest BCUT2D eigenvalue weighted by Crippen LogP contribution is -2.61. The van der Waals surface area contributed by atoms with Gasteiger partial charge in [-0.05, 0) is 17.7 Å². The van der Waals surface area contributed by atoms with E-state index < -0.39 is 0 Å². The van der Waals surface area contributed by atoms with Gasteiger partial charge in [-0.2, -0.15) is 0 Å². The molecule has 1 aromatic heterocycles. The zero-order valence-corrected chi connectivity index (χ0v) is 12.4. The number of para-hydroxylation sites is 1. The van der Waals surface area contributed by atoms with Crippen LogP contribution in [0.4, 0.5) is 5.82 Å². The molecule has 0 bridgehead atoms. The number of fused-ring (bicyclic) bond motifs is 1. The third-order valence-electron chi connectivity index (χ3n) is 4.40. The summed E-state index contributed by atoms with van der Waals surface area (Å²) in [6, 6.07) is 18.5. The quantitative estimate of drug-likeness (QED) is 0.743. The molecule has 1 fully saturated rings. The third kappa shape index (κ3) is 1.96. The highest BCUT2D eigenvalue weighted by Gasteiger charge is 2.45. The number of nitrogens with zero attached hydrogens (tertiary/aromatic N) is 3. The molecule has 1 aliphatic rings. The van der Waals surface area contributed by atoms with E-state index in [1.54, 1.807) is 13.4 Å². The Hall–Kier alpha value is -2.46. The molecular weight excluding hydrogens is 274 g/mol. The highest BCUT2D eigenvalue weighted by molar-refractivity contribution is 5.89. The zero-order chi connectivity index (χ0) is 15.0. The molecule has 4 nitrogen and oxygen atoms in total. The molecule has 2 aromatic carbocycles. The molecule has 0 amide bonds. The van der Waals surface area contributed by atoms with Crippen molar-refractivity contribution in [2.75, 3.05) is 25.1 Å². The summed E-state index contributed by atoms with van der Waals surface area (Å²) in [4.78, 5) is 11.1. The van der Waals surface area contributed by atoms with Gasteiger partial charge in [-0.15, -0.1) is 0 Å². The number of aromatic nitrogens is 2. The predicted octanol–water partition coefficient (Wildman–Crippen LogP) is 2.99. The maximum absolute atomic E-state index is 5.84. The molecule has 0 atom stereocenters. The van der Waals surface area contributed by atoms with Crippen LogP contribution in [0, 0.1) is 0 Å². The number of anilines is 1. The van der Waals surface area contributed by atoms with Crippen LogP contribution in [0.25, 0.3) is 10.9 Å². The maximum Gasteiger partial charge on any atom is 0.140 e. The molecule has 22 heavy (non-hydrogen) atoms. The van der Waals surface area contributed by atoms with Gasteiger partial charge in [-0.25, -0.2) is 9.97 Å². The molecule has 0 N–H and O–H groups in total. The van der Waals surface area contributed by atoms with Gasteiger partial charge in [-0.1, -0.05) is 42.5 Å². The van der Waals surface area contributed by atoms with E-state index in [0.717, 1.165) is 29.8 Å². The Morgan fingerprint density at radius 2 is 1.68 bits per heavy atom. The third-order valence-corrected chi connectivity index (χ3v) is 4.40. The smallest absolute Gasteiger partial charge is 0.140 e.